The Labute approximate surface area is 75.0 Å². The molecule has 3 heteroatoms. The van der Waals surface area contributed by atoms with Crippen molar-refractivity contribution in [3.8, 4) is 0 Å². The highest BCUT2D eigenvalue weighted by Crippen LogP contribution is 2.05. The van der Waals surface area contributed by atoms with E-state index < -0.39 is 12.7 Å². The van der Waals surface area contributed by atoms with Crippen molar-refractivity contribution < 1.29 is 10.2 Å². The highest BCUT2D eigenvalue weighted by Gasteiger charge is 2.16. The molecule has 0 aliphatic heterocycles. The van der Waals surface area contributed by atoms with E-state index in [1.54, 1.807) is 0 Å². The standard InChI is InChI=1S/C9H20NO2/c1-7(2)10(8(3)4)5-9(12)6-11/h7-9,12H,5-6H2,1-4H3/t9-/m0/s1. The maximum absolute atomic E-state index is 10.3. The molecule has 0 rings (SSSR count). The molecule has 0 aliphatic carbocycles. The second-order valence-electron chi connectivity index (χ2n) is 3.70. The molecular weight excluding hydrogens is 154 g/mol. The Bertz CT molecular complexity index is 107. The highest BCUT2D eigenvalue weighted by molar-refractivity contribution is 4.70. The summed E-state index contributed by atoms with van der Waals surface area (Å²) in [7, 11) is 0. The van der Waals surface area contributed by atoms with Gasteiger partial charge in [0.15, 0.2) is 0 Å². The predicted octanol–water partition coefficient (Wildman–Crippen LogP) is 0.897. The maximum Gasteiger partial charge on any atom is 0.109 e. The Hall–Kier alpha value is -0.120. The normalized spacial score (nSPS) is 14.8. The van der Waals surface area contributed by atoms with Gasteiger partial charge < -0.3 is 5.11 Å². The SMILES string of the molecule is CC(C)N(C[C@H](O)C[O])C(C)C. The van der Waals surface area contributed by atoms with Gasteiger partial charge in [-0.25, -0.2) is 5.11 Å². The molecule has 0 aromatic carbocycles. The molecule has 0 aliphatic rings. The third-order valence-electron chi connectivity index (χ3n) is 1.94. The molecule has 0 saturated heterocycles. The zero-order chi connectivity index (χ0) is 9.72. The van der Waals surface area contributed by atoms with Gasteiger partial charge in [-0.15, -0.1) is 0 Å². The Kier molecular flexibility index (Phi) is 5.46. The summed E-state index contributed by atoms with van der Waals surface area (Å²) in [5, 5.41) is 19.5. The average Bonchev–Trinajstić information content (AvgIpc) is 1.98. The van der Waals surface area contributed by atoms with Crippen LogP contribution in [0.3, 0.4) is 0 Å². The Morgan fingerprint density at radius 3 is 1.83 bits per heavy atom. The fraction of sp³-hybridized carbons (Fsp3) is 1.00. The van der Waals surface area contributed by atoms with Crippen LogP contribution in [0.4, 0.5) is 0 Å². The van der Waals surface area contributed by atoms with Crippen molar-refractivity contribution in [3.05, 3.63) is 0 Å². The van der Waals surface area contributed by atoms with Crippen LogP contribution in [0.1, 0.15) is 27.7 Å². The van der Waals surface area contributed by atoms with E-state index in [1.165, 1.54) is 0 Å². The summed E-state index contributed by atoms with van der Waals surface area (Å²) in [6.45, 7) is 8.35. The molecule has 1 radical (unpaired) electrons. The first-order valence-corrected chi connectivity index (χ1v) is 4.51. The van der Waals surface area contributed by atoms with E-state index in [-0.39, 0.29) is 0 Å². The monoisotopic (exact) mass is 174 g/mol. The molecule has 3 nitrogen and oxygen atoms in total. The van der Waals surface area contributed by atoms with Crippen LogP contribution in [0.15, 0.2) is 0 Å². The van der Waals surface area contributed by atoms with Gasteiger partial charge in [-0.1, -0.05) is 0 Å². The van der Waals surface area contributed by atoms with Crippen molar-refractivity contribution in [1.82, 2.24) is 4.90 Å². The molecule has 1 N–H and O–H groups in total. The topological polar surface area (TPSA) is 43.4 Å². The summed E-state index contributed by atoms with van der Waals surface area (Å²) in [5.41, 5.74) is 0. The first kappa shape index (κ1) is 11.9. The lowest BCUT2D eigenvalue weighted by Gasteiger charge is -2.31. The Morgan fingerprint density at radius 2 is 1.58 bits per heavy atom. The molecule has 0 amide bonds. The van der Waals surface area contributed by atoms with E-state index in [0.29, 0.717) is 18.6 Å². The number of hydrogen-bond donors (Lipinski definition) is 1. The number of nitrogens with zero attached hydrogens (tertiary/aromatic N) is 1. The van der Waals surface area contributed by atoms with E-state index in [2.05, 4.69) is 32.6 Å². The van der Waals surface area contributed by atoms with Crippen LogP contribution in [-0.4, -0.2) is 41.3 Å². The molecule has 0 spiro atoms. The summed E-state index contributed by atoms with van der Waals surface area (Å²) in [4.78, 5) is 2.11. The number of aliphatic hydroxyl groups is 1. The summed E-state index contributed by atoms with van der Waals surface area (Å²) in [6, 6.07) is 0.761. The summed E-state index contributed by atoms with van der Waals surface area (Å²) in [5.74, 6) is 0. The van der Waals surface area contributed by atoms with Crippen molar-refractivity contribution in [2.75, 3.05) is 13.2 Å². The van der Waals surface area contributed by atoms with E-state index >= 15 is 0 Å². The molecule has 12 heavy (non-hydrogen) atoms. The summed E-state index contributed by atoms with van der Waals surface area (Å²) < 4.78 is 0. The lowest BCUT2D eigenvalue weighted by atomic mass is 10.2. The minimum Gasteiger partial charge on any atom is -0.389 e. The minimum absolute atomic E-state index is 0.381. The first-order valence-electron chi connectivity index (χ1n) is 4.51. The number of rotatable bonds is 5. The van der Waals surface area contributed by atoms with Gasteiger partial charge >= 0.3 is 0 Å². The van der Waals surface area contributed by atoms with Crippen LogP contribution < -0.4 is 0 Å². The second-order valence-corrected chi connectivity index (χ2v) is 3.70. The third kappa shape index (κ3) is 4.04. The summed E-state index contributed by atoms with van der Waals surface area (Å²) >= 11 is 0. The quantitative estimate of drug-likeness (QED) is 0.673. The van der Waals surface area contributed by atoms with Crippen molar-refractivity contribution in [2.24, 2.45) is 0 Å². The fourth-order valence-corrected chi connectivity index (χ4v) is 1.31. The smallest absolute Gasteiger partial charge is 0.109 e. The van der Waals surface area contributed by atoms with Gasteiger partial charge in [0.25, 0.3) is 0 Å². The van der Waals surface area contributed by atoms with Crippen LogP contribution in [-0.2, 0) is 5.11 Å². The van der Waals surface area contributed by atoms with Gasteiger partial charge in [0.05, 0.1) is 6.10 Å². The van der Waals surface area contributed by atoms with Crippen LogP contribution in [0.2, 0.25) is 0 Å². The number of hydrogen-bond acceptors (Lipinski definition) is 2. The van der Waals surface area contributed by atoms with Crippen LogP contribution in [0.25, 0.3) is 0 Å². The molecule has 0 heterocycles. The Morgan fingerprint density at radius 1 is 1.17 bits per heavy atom. The van der Waals surface area contributed by atoms with Crippen LogP contribution in [0.5, 0.6) is 0 Å². The maximum atomic E-state index is 10.3. The molecule has 0 unspecified atom stereocenters. The lowest BCUT2D eigenvalue weighted by molar-refractivity contribution is 0.0142. The molecule has 0 saturated carbocycles. The lowest BCUT2D eigenvalue weighted by Crippen LogP contribution is -2.43. The Balaban J connectivity index is 3.95. The average molecular weight is 174 g/mol. The van der Waals surface area contributed by atoms with Gasteiger partial charge in [0, 0.05) is 18.6 Å². The highest BCUT2D eigenvalue weighted by atomic mass is 16.3. The number of aliphatic hydroxyl groups excluding tert-OH is 1. The molecule has 1 atom stereocenters. The van der Waals surface area contributed by atoms with Gasteiger partial charge in [0.1, 0.15) is 6.61 Å². The molecule has 0 fully saturated rings. The third-order valence-corrected chi connectivity index (χ3v) is 1.94. The largest absolute Gasteiger partial charge is 0.389 e. The van der Waals surface area contributed by atoms with E-state index in [4.69, 9.17) is 0 Å². The van der Waals surface area contributed by atoms with Crippen molar-refractivity contribution in [3.63, 3.8) is 0 Å². The first-order chi connectivity index (χ1) is 5.49. The van der Waals surface area contributed by atoms with Crippen molar-refractivity contribution in [1.29, 1.82) is 0 Å². The molecule has 0 aromatic rings. The van der Waals surface area contributed by atoms with Crippen LogP contribution in [0, 0.1) is 0 Å². The van der Waals surface area contributed by atoms with Crippen molar-refractivity contribution >= 4 is 0 Å². The predicted molar refractivity (Wildman–Crippen MR) is 48.5 cm³/mol. The molecule has 73 valence electrons. The molecule has 0 aromatic heterocycles. The molecular formula is C9H20NO2. The van der Waals surface area contributed by atoms with Gasteiger partial charge in [-0.2, -0.15) is 0 Å². The van der Waals surface area contributed by atoms with E-state index in [0.717, 1.165) is 0 Å². The van der Waals surface area contributed by atoms with Crippen molar-refractivity contribution in [2.45, 2.75) is 45.9 Å². The zero-order valence-corrected chi connectivity index (χ0v) is 8.45. The van der Waals surface area contributed by atoms with Gasteiger partial charge in [0.2, 0.25) is 0 Å². The summed E-state index contributed by atoms with van der Waals surface area (Å²) in [6.07, 6.45) is -0.727. The zero-order valence-electron chi connectivity index (χ0n) is 8.45. The minimum atomic E-state index is -0.727. The van der Waals surface area contributed by atoms with E-state index in [9.17, 15) is 10.2 Å². The van der Waals surface area contributed by atoms with Gasteiger partial charge in [-0.05, 0) is 27.7 Å². The molecule has 0 bridgehead atoms. The van der Waals surface area contributed by atoms with E-state index in [1.807, 2.05) is 0 Å². The van der Waals surface area contributed by atoms with Gasteiger partial charge in [-0.3, -0.25) is 4.90 Å². The second kappa shape index (κ2) is 5.51. The van der Waals surface area contributed by atoms with Crippen LogP contribution >= 0.6 is 0 Å². The fourth-order valence-electron chi connectivity index (χ4n) is 1.31.